The van der Waals surface area contributed by atoms with Crippen LogP contribution in [0.5, 0.6) is 0 Å². The molecule has 0 aromatic heterocycles. The molecule has 0 radical (unpaired) electrons. The van der Waals surface area contributed by atoms with Crippen molar-refractivity contribution in [2.75, 3.05) is 0 Å². The molecule has 2 rings (SSSR count). The Kier molecular flexibility index (Phi) is 4.97. The lowest BCUT2D eigenvalue weighted by atomic mass is 9.84. The first-order chi connectivity index (χ1) is 9.19. The SMILES string of the molecule is CCC1CCC(NCc2ccc(C(=O)O)cc2)CC1. The molecule has 0 heterocycles. The zero-order valence-electron chi connectivity index (χ0n) is 11.6. The number of carbonyl (C=O) groups is 1. The Bertz CT molecular complexity index is 405. The summed E-state index contributed by atoms with van der Waals surface area (Å²) in [4.78, 5) is 10.8. The Morgan fingerprint density at radius 3 is 2.37 bits per heavy atom. The van der Waals surface area contributed by atoms with Crippen LogP contribution < -0.4 is 5.32 Å². The van der Waals surface area contributed by atoms with Crippen molar-refractivity contribution in [3.8, 4) is 0 Å². The third kappa shape index (κ3) is 4.06. The molecule has 1 aromatic rings. The van der Waals surface area contributed by atoms with Gasteiger partial charge in [-0.3, -0.25) is 0 Å². The summed E-state index contributed by atoms with van der Waals surface area (Å²) in [7, 11) is 0. The van der Waals surface area contributed by atoms with Crippen molar-refractivity contribution in [1.29, 1.82) is 0 Å². The van der Waals surface area contributed by atoms with E-state index in [4.69, 9.17) is 5.11 Å². The predicted molar refractivity (Wildman–Crippen MR) is 76.3 cm³/mol. The summed E-state index contributed by atoms with van der Waals surface area (Å²) < 4.78 is 0. The average molecular weight is 261 g/mol. The Morgan fingerprint density at radius 2 is 1.84 bits per heavy atom. The first-order valence-corrected chi connectivity index (χ1v) is 7.24. The van der Waals surface area contributed by atoms with Crippen LogP contribution in [0, 0.1) is 5.92 Å². The molecule has 3 heteroatoms. The quantitative estimate of drug-likeness (QED) is 0.853. The molecular formula is C16H23NO2. The highest BCUT2D eigenvalue weighted by atomic mass is 16.4. The summed E-state index contributed by atoms with van der Waals surface area (Å²) >= 11 is 0. The minimum atomic E-state index is -0.864. The molecule has 104 valence electrons. The van der Waals surface area contributed by atoms with E-state index in [0.29, 0.717) is 11.6 Å². The highest BCUT2D eigenvalue weighted by Crippen LogP contribution is 2.26. The smallest absolute Gasteiger partial charge is 0.335 e. The van der Waals surface area contributed by atoms with Gasteiger partial charge in [0.1, 0.15) is 0 Å². The third-order valence-electron chi connectivity index (χ3n) is 4.22. The summed E-state index contributed by atoms with van der Waals surface area (Å²) in [6.45, 7) is 3.11. The van der Waals surface area contributed by atoms with Gasteiger partial charge >= 0.3 is 5.97 Å². The molecule has 0 spiro atoms. The molecule has 0 saturated heterocycles. The summed E-state index contributed by atoms with van der Waals surface area (Å²) in [5.74, 6) is 0.0605. The number of carboxylic acids is 1. The Balaban J connectivity index is 1.78. The summed E-state index contributed by atoms with van der Waals surface area (Å²) in [6.07, 6.45) is 6.53. The number of benzene rings is 1. The van der Waals surface area contributed by atoms with Crippen molar-refractivity contribution in [3.63, 3.8) is 0 Å². The van der Waals surface area contributed by atoms with Crippen molar-refractivity contribution >= 4 is 5.97 Å². The monoisotopic (exact) mass is 261 g/mol. The van der Waals surface area contributed by atoms with Gasteiger partial charge in [-0.25, -0.2) is 4.79 Å². The van der Waals surface area contributed by atoms with Crippen molar-refractivity contribution in [2.24, 2.45) is 5.92 Å². The van der Waals surface area contributed by atoms with Crippen molar-refractivity contribution in [2.45, 2.75) is 51.6 Å². The van der Waals surface area contributed by atoms with Crippen LogP contribution in [-0.4, -0.2) is 17.1 Å². The molecule has 1 fully saturated rings. The Morgan fingerprint density at radius 1 is 1.21 bits per heavy atom. The standard InChI is InChI=1S/C16H23NO2/c1-2-12-5-9-15(10-6-12)17-11-13-3-7-14(8-4-13)16(18)19/h3-4,7-8,12,15,17H,2,5-6,9-11H2,1H3,(H,18,19). The molecule has 2 N–H and O–H groups in total. The van der Waals surface area contributed by atoms with Gasteiger partial charge in [-0.15, -0.1) is 0 Å². The zero-order chi connectivity index (χ0) is 13.7. The lowest BCUT2D eigenvalue weighted by Crippen LogP contribution is -2.32. The third-order valence-corrected chi connectivity index (χ3v) is 4.22. The zero-order valence-corrected chi connectivity index (χ0v) is 11.6. The van der Waals surface area contributed by atoms with Crippen molar-refractivity contribution < 1.29 is 9.90 Å². The molecule has 1 saturated carbocycles. The van der Waals surface area contributed by atoms with Crippen LogP contribution in [0.4, 0.5) is 0 Å². The number of aromatic carboxylic acids is 1. The van der Waals surface area contributed by atoms with E-state index < -0.39 is 5.97 Å². The second-order valence-electron chi connectivity index (χ2n) is 5.51. The first-order valence-electron chi connectivity index (χ1n) is 7.24. The van der Waals surface area contributed by atoms with Gasteiger partial charge in [-0.05, 0) is 49.3 Å². The second kappa shape index (κ2) is 6.71. The van der Waals surface area contributed by atoms with Gasteiger partial charge in [0.2, 0.25) is 0 Å². The maximum Gasteiger partial charge on any atom is 0.335 e. The van der Waals surface area contributed by atoms with Gasteiger partial charge in [0, 0.05) is 12.6 Å². The van der Waals surface area contributed by atoms with Crippen LogP contribution in [0.2, 0.25) is 0 Å². The molecule has 0 amide bonds. The van der Waals surface area contributed by atoms with E-state index in [0.717, 1.165) is 18.0 Å². The van der Waals surface area contributed by atoms with E-state index in [2.05, 4.69) is 12.2 Å². The predicted octanol–water partition coefficient (Wildman–Crippen LogP) is 3.44. The number of nitrogens with one attached hydrogen (secondary N) is 1. The Labute approximate surface area is 115 Å². The fraction of sp³-hybridized carbons (Fsp3) is 0.562. The molecule has 0 bridgehead atoms. The summed E-state index contributed by atoms with van der Waals surface area (Å²) in [6, 6.07) is 7.77. The maximum absolute atomic E-state index is 10.8. The van der Waals surface area contributed by atoms with Crippen LogP contribution >= 0.6 is 0 Å². The lowest BCUT2D eigenvalue weighted by molar-refractivity contribution is 0.0697. The van der Waals surface area contributed by atoms with Gasteiger partial charge in [0.15, 0.2) is 0 Å². The maximum atomic E-state index is 10.8. The number of rotatable bonds is 5. The van der Waals surface area contributed by atoms with Gasteiger partial charge in [0.25, 0.3) is 0 Å². The van der Waals surface area contributed by atoms with Gasteiger partial charge in [-0.2, -0.15) is 0 Å². The minimum Gasteiger partial charge on any atom is -0.478 e. The van der Waals surface area contributed by atoms with Crippen LogP contribution in [-0.2, 0) is 6.54 Å². The fourth-order valence-electron chi connectivity index (χ4n) is 2.80. The number of hydrogen-bond acceptors (Lipinski definition) is 2. The summed E-state index contributed by atoms with van der Waals surface area (Å²) in [5, 5.41) is 12.4. The highest BCUT2D eigenvalue weighted by Gasteiger charge is 2.19. The summed E-state index contributed by atoms with van der Waals surface area (Å²) in [5.41, 5.74) is 1.51. The van der Waals surface area contributed by atoms with E-state index in [-0.39, 0.29) is 0 Å². The normalized spacial score (nSPS) is 23.2. The van der Waals surface area contributed by atoms with E-state index in [1.807, 2.05) is 12.1 Å². The molecule has 3 nitrogen and oxygen atoms in total. The second-order valence-corrected chi connectivity index (χ2v) is 5.51. The van der Waals surface area contributed by atoms with Crippen LogP contribution in [0.25, 0.3) is 0 Å². The minimum absolute atomic E-state index is 0.354. The molecule has 1 aliphatic carbocycles. The first kappa shape index (κ1) is 14.1. The van der Waals surface area contributed by atoms with E-state index in [9.17, 15) is 4.79 Å². The number of carboxylic acid groups (broad SMARTS) is 1. The van der Waals surface area contributed by atoms with E-state index in [1.165, 1.54) is 32.1 Å². The average Bonchev–Trinajstić information content (AvgIpc) is 2.46. The van der Waals surface area contributed by atoms with Crippen LogP contribution in [0.3, 0.4) is 0 Å². The molecular weight excluding hydrogens is 238 g/mol. The molecule has 0 unspecified atom stereocenters. The lowest BCUT2D eigenvalue weighted by Gasteiger charge is -2.28. The van der Waals surface area contributed by atoms with E-state index in [1.54, 1.807) is 12.1 Å². The topological polar surface area (TPSA) is 49.3 Å². The van der Waals surface area contributed by atoms with Crippen LogP contribution in [0.15, 0.2) is 24.3 Å². The van der Waals surface area contributed by atoms with Crippen LogP contribution in [0.1, 0.15) is 54.9 Å². The van der Waals surface area contributed by atoms with Crippen molar-refractivity contribution in [1.82, 2.24) is 5.32 Å². The Hall–Kier alpha value is -1.35. The fourth-order valence-corrected chi connectivity index (χ4v) is 2.80. The van der Waals surface area contributed by atoms with Crippen molar-refractivity contribution in [3.05, 3.63) is 35.4 Å². The van der Waals surface area contributed by atoms with Gasteiger partial charge in [0.05, 0.1) is 5.56 Å². The molecule has 0 aliphatic heterocycles. The molecule has 1 aliphatic rings. The van der Waals surface area contributed by atoms with E-state index >= 15 is 0 Å². The highest BCUT2D eigenvalue weighted by molar-refractivity contribution is 5.87. The molecule has 19 heavy (non-hydrogen) atoms. The molecule has 1 aromatic carbocycles. The largest absolute Gasteiger partial charge is 0.478 e. The van der Waals surface area contributed by atoms with Gasteiger partial charge in [-0.1, -0.05) is 25.5 Å². The molecule has 0 atom stereocenters. The van der Waals surface area contributed by atoms with Gasteiger partial charge < -0.3 is 10.4 Å². The number of hydrogen-bond donors (Lipinski definition) is 2.